The minimum atomic E-state index is -0.800. The van der Waals surface area contributed by atoms with E-state index in [0.29, 0.717) is 11.1 Å². The lowest BCUT2D eigenvalue weighted by Gasteiger charge is -2.06. The molecular weight excluding hydrogens is 366 g/mol. The van der Waals surface area contributed by atoms with Crippen molar-refractivity contribution >= 4 is 16.8 Å². The molecule has 0 aliphatic carbocycles. The van der Waals surface area contributed by atoms with Gasteiger partial charge in [-0.2, -0.15) is 5.10 Å². The van der Waals surface area contributed by atoms with Crippen LogP contribution in [0.15, 0.2) is 59.5 Å². The van der Waals surface area contributed by atoms with Gasteiger partial charge in [0.1, 0.15) is 11.4 Å². The van der Waals surface area contributed by atoms with E-state index < -0.39 is 17.2 Å². The number of hydrogen-bond acceptors (Lipinski definition) is 3. The first-order valence-electron chi connectivity index (χ1n) is 8.38. The van der Waals surface area contributed by atoms with Crippen molar-refractivity contribution in [3.8, 4) is 16.9 Å². The molecule has 2 N–H and O–H groups in total. The molecule has 28 heavy (non-hydrogen) atoms. The molecule has 8 heteroatoms. The number of fused-ring (bicyclic) bond motifs is 1. The number of aromatic amines is 1. The third kappa shape index (κ3) is 2.75. The quantitative estimate of drug-likeness (QED) is 0.573. The van der Waals surface area contributed by atoms with Gasteiger partial charge < -0.3 is 10.3 Å². The van der Waals surface area contributed by atoms with Crippen LogP contribution in [0, 0.1) is 11.6 Å². The first-order chi connectivity index (χ1) is 13.5. The Hall–Kier alpha value is -3.81. The smallest absolute Gasteiger partial charge is 0.259 e. The summed E-state index contributed by atoms with van der Waals surface area (Å²) in [5.41, 5.74) is 0.673. The molecule has 0 unspecified atom stereocenters. The monoisotopic (exact) mass is 380 g/mol. The van der Waals surface area contributed by atoms with Crippen molar-refractivity contribution in [2.24, 2.45) is 0 Å². The fraction of sp³-hybridized carbons (Fsp3) is 0.0500. The lowest BCUT2D eigenvalue weighted by Crippen LogP contribution is -2.17. The van der Waals surface area contributed by atoms with E-state index in [1.54, 1.807) is 24.3 Å². The SMILES string of the molecule is CNC(=O)c1ccc(-c2nn(-c3c(F)cccc3F)c3cc[nH]c(=O)c23)cc1. The molecule has 2 aromatic carbocycles. The predicted molar refractivity (Wildman–Crippen MR) is 100 cm³/mol. The molecule has 0 aliphatic heterocycles. The summed E-state index contributed by atoms with van der Waals surface area (Å²) in [6.07, 6.45) is 1.39. The first-order valence-corrected chi connectivity index (χ1v) is 8.38. The van der Waals surface area contributed by atoms with E-state index in [9.17, 15) is 18.4 Å². The summed E-state index contributed by atoms with van der Waals surface area (Å²) in [7, 11) is 1.52. The van der Waals surface area contributed by atoms with Gasteiger partial charge in [-0.25, -0.2) is 13.5 Å². The lowest BCUT2D eigenvalue weighted by atomic mass is 10.1. The fourth-order valence-electron chi connectivity index (χ4n) is 3.07. The Morgan fingerprint density at radius 3 is 2.39 bits per heavy atom. The highest BCUT2D eigenvalue weighted by Gasteiger charge is 2.20. The lowest BCUT2D eigenvalue weighted by molar-refractivity contribution is 0.0963. The number of amides is 1. The number of hydrogen-bond donors (Lipinski definition) is 2. The van der Waals surface area contributed by atoms with Crippen LogP contribution in [-0.4, -0.2) is 27.7 Å². The van der Waals surface area contributed by atoms with Gasteiger partial charge in [-0.05, 0) is 30.3 Å². The number of benzene rings is 2. The van der Waals surface area contributed by atoms with Gasteiger partial charge in [0.05, 0.1) is 10.9 Å². The highest BCUT2D eigenvalue weighted by atomic mass is 19.1. The standard InChI is InChI=1S/C20H14F2N4O2/c1-23-19(27)12-7-5-11(6-8-12)17-16-15(9-10-24-20(16)28)26(25-17)18-13(21)3-2-4-14(18)22/h2-10H,1H3,(H,23,27)(H,24,28). The van der Waals surface area contributed by atoms with Crippen LogP contribution in [-0.2, 0) is 0 Å². The van der Waals surface area contributed by atoms with Crippen LogP contribution < -0.4 is 10.9 Å². The van der Waals surface area contributed by atoms with Crippen LogP contribution in [0.5, 0.6) is 0 Å². The third-order valence-corrected chi connectivity index (χ3v) is 4.40. The number of nitrogens with one attached hydrogen (secondary N) is 2. The molecule has 0 saturated heterocycles. The summed E-state index contributed by atoms with van der Waals surface area (Å²) in [4.78, 5) is 26.7. The number of rotatable bonds is 3. The molecule has 2 heterocycles. The molecule has 0 aliphatic rings. The summed E-state index contributed by atoms with van der Waals surface area (Å²) >= 11 is 0. The summed E-state index contributed by atoms with van der Waals surface area (Å²) in [6.45, 7) is 0. The molecule has 0 bridgehead atoms. The molecule has 4 rings (SSSR count). The Bertz CT molecular complexity index is 1240. The van der Waals surface area contributed by atoms with Crippen molar-refractivity contribution in [2.75, 3.05) is 7.05 Å². The van der Waals surface area contributed by atoms with Crippen LogP contribution in [0.3, 0.4) is 0 Å². The summed E-state index contributed by atoms with van der Waals surface area (Å²) in [5, 5.41) is 7.04. The van der Waals surface area contributed by atoms with E-state index in [1.807, 2.05) is 0 Å². The highest BCUT2D eigenvalue weighted by Crippen LogP contribution is 2.29. The maximum absolute atomic E-state index is 14.3. The fourth-order valence-corrected chi connectivity index (χ4v) is 3.07. The van der Waals surface area contributed by atoms with Crippen molar-refractivity contribution in [1.82, 2.24) is 20.1 Å². The second-order valence-electron chi connectivity index (χ2n) is 6.05. The predicted octanol–water partition coefficient (Wildman–Crippen LogP) is 3.02. The minimum Gasteiger partial charge on any atom is -0.355 e. The zero-order chi connectivity index (χ0) is 19.8. The van der Waals surface area contributed by atoms with E-state index in [1.165, 1.54) is 25.4 Å². The molecule has 4 aromatic rings. The van der Waals surface area contributed by atoms with Crippen LogP contribution in [0.2, 0.25) is 0 Å². The van der Waals surface area contributed by atoms with Crippen molar-refractivity contribution in [2.45, 2.75) is 0 Å². The number of carbonyl (C=O) groups excluding carboxylic acids is 1. The van der Waals surface area contributed by atoms with Crippen molar-refractivity contribution < 1.29 is 13.6 Å². The van der Waals surface area contributed by atoms with Crippen LogP contribution >= 0.6 is 0 Å². The van der Waals surface area contributed by atoms with Gasteiger partial charge in [0.2, 0.25) is 0 Å². The highest BCUT2D eigenvalue weighted by molar-refractivity contribution is 5.96. The van der Waals surface area contributed by atoms with Crippen LogP contribution in [0.25, 0.3) is 27.8 Å². The van der Waals surface area contributed by atoms with Crippen molar-refractivity contribution in [1.29, 1.82) is 0 Å². The zero-order valence-corrected chi connectivity index (χ0v) is 14.7. The second kappa shape index (κ2) is 6.73. The van der Waals surface area contributed by atoms with Gasteiger partial charge in [-0.3, -0.25) is 9.59 Å². The van der Waals surface area contributed by atoms with Gasteiger partial charge >= 0.3 is 0 Å². The summed E-state index contributed by atoms with van der Waals surface area (Å²) < 4.78 is 29.7. The van der Waals surface area contributed by atoms with E-state index in [4.69, 9.17) is 0 Å². The molecule has 1 amide bonds. The molecule has 2 aromatic heterocycles. The van der Waals surface area contributed by atoms with Crippen LogP contribution in [0.1, 0.15) is 10.4 Å². The average molecular weight is 380 g/mol. The molecule has 6 nitrogen and oxygen atoms in total. The Morgan fingerprint density at radius 1 is 1.07 bits per heavy atom. The number of para-hydroxylation sites is 1. The number of pyridine rings is 1. The Balaban J connectivity index is 1.98. The van der Waals surface area contributed by atoms with Crippen LogP contribution in [0.4, 0.5) is 8.78 Å². The second-order valence-corrected chi connectivity index (χ2v) is 6.05. The molecule has 0 radical (unpaired) electrons. The first kappa shape index (κ1) is 17.6. The maximum Gasteiger partial charge on any atom is 0.259 e. The Kier molecular flexibility index (Phi) is 4.23. The Morgan fingerprint density at radius 2 is 1.75 bits per heavy atom. The normalized spacial score (nSPS) is 11.0. The van der Waals surface area contributed by atoms with Crippen molar-refractivity contribution in [3.05, 3.63) is 82.3 Å². The van der Waals surface area contributed by atoms with Gasteiger partial charge in [-0.15, -0.1) is 0 Å². The van der Waals surface area contributed by atoms with Gasteiger partial charge in [0.15, 0.2) is 11.6 Å². The Labute approximate surface area is 157 Å². The number of nitrogens with zero attached hydrogens (tertiary/aromatic N) is 2. The summed E-state index contributed by atoms with van der Waals surface area (Å²) in [5.74, 6) is -1.86. The summed E-state index contributed by atoms with van der Waals surface area (Å²) in [6, 6.07) is 11.4. The van der Waals surface area contributed by atoms with Gasteiger partial charge in [0, 0.05) is 24.4 Å². The molecule has 0 atom stereocenters. The van der Waals surface area contributed by atoms with E-state index >= 15 is 0 Å². The maximum atomic E-state index is 14.3. The number of H-pyrrole nitrogens is 1. The number of halogens is 2. The van der Waals surface area contributed by atoms with E-state index in [0.717, 1.165) is 16.8 Å². The third-order valence-electron chi connectivity index (χ3n) is 4.40. The molecule has 0 spiro atoms. The number of aromatic nitrogens is 3. The van der Waals surface area contributed by atoms with Crippen molar-refractivity contribution in [3.63, 3.8) is 0 Å². The average Bonchev–Trinajstić information content (AvgIpc) is 3.08. The van der Waals surface area contributed by atoms with Gasteiger partial charge in [-0.1, -0.05) is 18.2 Å². The van der Waals surface area contributed by atoms with E-state index in [-0.39, 0.29) is 28.2 Å². The molecule has 140 valence electrons. The molecule has 0 saturated carbocycles. The topological polar surface area (TPSA) is 79.8 Å². The van der Waals surface area contributed by atoms with Gasteiger partial charge in [0.25, 0.3) is 11.5 Å². The van der Waals surface area contributed by atoms with E-state index in [2.05, 4.69) is 15.4 Å². The largest absolute Gasteiger partial charge is 0.355 e. The number of carbonyl (C=O) groups is 1. The minimum absolute atomic E-state index is 0.192. The molecular formula is C20H14F2N4O2. The zero-order valence-electron chi connectivity index (χ0n) is 14.7. The molecule has 0 fully saturated rings.